The molecule has 1 rings (SSSR count). The van der Waals surface area contributed by atoms with Crippen LogP contribution in [0.2, 0.25) is 0 Å². The van der Waals surface area contributed by atoms with E-state index < -0.39 is 11.9 Å². The first kappa shape index (κ1) is 16.0. The van der Waals surface area contributed by atoms with Crippen molar-refractivity contribution < 1.29 is 24.6 Å². The lowest BCUT2D eigenvalue weighted by Gasteiger charge is -2.04. The van der Waals surface area contributed by atoms with Crippen LogP contribution in [-0.4, -0.2) is 40.4 Å². The molecular weight excluding hydrogens is 282 g/mol. The Morgan fingerprint density at radius 1 is 1.10 bits per heavy atom. The van der Waals surface area contributed by atoms with Gasteiger partial charge in [-0.15, -0.1) is 11.8 Å². The highest BCUT2D eigenvalue weighted by Crippen LogP contribution is 2.18. The minimum atomic E-state index is -0.988. The predicted octanol–water partition coefficient (Wildman–Crippen LogP) is 1.46. The van der Waals surface area contributed by atoms with Gasteiger partial charge in [-0.3, -0.25) is 9.59 Å². The van der Waals surface area contributed by atoms with Crippen LogP contribution in [0.5, 0.6) is 0 Å². The number of thioether (sulfide) groups is 1. The van der Waals surface area contributed by atoms with Crippen molar-refractivity contribution in [2.75, 3.05) is 12.3 Å². The van der Waals surface area contributed by atoms with Crippen molar-refractivity contribution in [2.45, 2.75) is 17.7 Å². The van der Waals surface area contributed by atoms with Crippen LogP contribution in [0.4, 0.5) is 0 Å². The average molecular weight is 297 g/mol. The van der Waals surface area contributed by atoms with E-state index in [-0.39, 0.29) is 23.6 Å². The van der Waals surface area contributed by atoms with E-state index in [0.717, 1.165) is 4.90 Å². The predicted molar refractivity (Wildman–Crippen MR) is 74.0 cm³/mol. The molecule has 0 radical (unpaired) electrons. The Labute approximate surface area is 120 Å². The van der Waals surface area contributed by atoms with Crippen molar-refractivity contribution in [3.05, 3.63) is 29.8 Å². The van der Waals surface area contributed by atoms with Gasteiger partial charge in [0.1, 0.15) is 0 Å². The standard InChI is InChI=1S/C13H15NO5S/c15-11(14-7-1-2-12(16)17)8-20-10-5-3-9(4-6-10)13(18)19/h3-6H,1-2,7-8H2,(H,14,15)(H,16,17)(H,18,19). The van der Waals surface area contributed by atoms with Gasteiger partial charge in [-0.05, 0) is 30.7 Å². The zero-order chi connectivity index (χ0) is 15.0. The highest BCUT2D eigenvalue weighted by molar-refractivity contribution is 8.00. The van der Waals surface area contributed by atoms with Gasteiger partial charge in [0.2, 0.25) is 5.91 Å². The number of hydrogen-bond donors (Lipinski definition) is 3. The molecule has 108 valence electrons. The maximum Gasteiger partial charge on any atom is 0.335 e. The summed E-state index contributed by atoms with van der Waals surface area (Å²) >= 11 is 1.29. The number of aromatic carboxylic acids is 1. The lowest BCUT2D eigenvalue weighted by atomic mass is 10.2. The third-order valence-corrected chi connectivity index (χ3v) is 3.37. The zero-order valence-corrected chi connectivity index (χ0v) is 11.5. The lowest BCUT2D eigenvalue weighted by molar-refractivity contribution is -0.137. The molecule has 1 aromatic carbocycles. The molecule has 0 bridgehead atoms. The number of carboxylic acid groups (broad SMARTS) is 2. The van der Waals surface area contributed by atoms with Crippen molar-refractivity contribution in [3.63, 3.8) is 0 Å². The fourth-order valence-corrected chi connectivity index (χ4v) is 2.09. The summed E-state index contributed by atoms with van der Waals surface area (Å²) in [5.41, 5.74) is 0.201. The molecule has 0 spiro atoms. The number of amides is 1. The molecule has 0 aliphatic rings. The summed E-state index contributed by atoms with van der Waals surface area (Å²) in [5, 5.41) is 19.8. The normalized spacial score (nSPS) is 10.0. The largest absolute Gasteiger partial charge is 0.481 e. The summed E-state index contributed by atoms with van der Waals surface area (Å²) in [5.74, 6) is -1.84. The molecule has 0 saturated heterocycles. The number of nitrogens with one attached hydrogen (secondary N) is 1. The first-order chi connectivity index (χ1) is 9.49. The van der Waals surface area contributed by atoms with Crippen molar-refractivity contribution >= 4 is 29.6 Å². The van der Waals surface area contributed by atoms with E-state index in [2.05, 4.69) is 5.32 Å². The Bertz CT molecular complexity index is 486. The smallest absolute Gasteiger partial charge is 0.335 e. The molecule has 0 aromatic heterocycles. The Morgan fingerprint density at radius 2 is 1.75 bits per heavy atom. The van der Waals surface area contributed by atoms with Crippen molar-refractivity contribution in [3.8, 4) is 0 Å². The molecule has 6 nitrogen and oxygen atoms in total. The summed E-state index contributed by atoms with van der Waals surface area (Å²) in [7, 11) is 0. The van der Waals surface area contributed by atoms with Crippen LogP contribution in [0.15, 0.2) is 29.2 Å². The number of aliphatic carboxylic acids is 1. The van der Waals surface area contributed by atoms with E-state index in [1.807, 2.05) is 0 Å². The van der Waals surface area contributed by atoms with E-state index in [1.165, 1.54) is 23.9 Å². The molecule has 0 atom stereocenters. The Hall–Kier alpha value is -2.02. The van der Waals surface area contributed by atoms with Crippen LogP contribution < -0.4 is 5.32 Å². The zero-order valence-electron chi connectivity index (χ0n) is 10.7. The Morgan fingerprint density at radius 3 is 2.30 bits per heavy atom. The molecule has 0 aliphatic heterocycles. The second-order valence-electron chi connectivity index (χ2n) is 3.97. The SMILES string of the molecule is O=C(O)CCCNC(=O)CSc1ccc(C(=O)O)cc1. The number of benzene rings is 1. The van der Waals surface area contributed by atoms with Crippen LogP contribution in [-0.2, 0) is 9.59 Å². The summed E-state index contributed by atoms with van der Waals surface area (Å²) in [6.45, 7) is 0.337. The number of carbonyl (C=O) groups excluding carboxylic acids is 1. The summed E-state index contributed by atoms with van der Waals surface area (Å²) in [6, 6.07) is 6.25. The summed E-state index contributed by atoms with van der Waals surface area (Å²) < 4.78 is 0. The quantitative estimate of drug-likeness (QED) is 0.496. The van der Waals surface area contributed by atoms with Gasteiger partial charge in [-0.25, -0.2) is 4.79 Å². The van der Waals surface area contributed by atoms with Gasteiger partial charge in [-0.1, -0.05) is 0 Å². The lowest BCUT2D eigenvalue weighted by Crippen LogP contribution is -2.26. The minimum Gasteiger partial charge on any atom is -0.481 e. The van der Waals surface area contributed by atoms with Gasteiger partial charge in [-0.2, -0.15) is 0 Å². The van der Waals surface area contributed by atoms with Crippen LogP contribution in [0.3, 0.4) is 0 Å². The molecular formula is C13H15NO5S. The third-order valence-electron chi connectivity index (χ3n) is 2.36. The Kier molecular flexibility index (Phi) is 6.58. The van der Waals surface area contributed by atoms with E-state index >= 15 is 0 Å². The Balaban J connectivity index is 2.26. The fourth-order valence-electron chi connectivity index (χ4n) is 1.36. The van der Waals surface area contributed by atoms with Crippen molar-refractivity contribution in [1.29, 1.82) is 0 Å². The topological polar surface area (TPSA) is 104 Å². The average Bonchev–Trinajstić information content (AvgIpc) is 2.41. The van der Waals surface area contributed by atoms with Crippen molar-refractivity contribution in [1.82, 2.24) is 5.32 Å². The molecule has 20 heavy (non-hydrogen) atoms. The second-order valence-corrected chi connectivity index (χ2v) is 5.01. The number of carboxylic acids is 2. The maximum absolute atomic E-state index is 11.5. The van der Waals surface area contributed by atoms with Gasteiger partial charge in [0.15, 0.2) is 0 Å². The van der Waals surface area contributed by atoms with E-state index in [9.17, 15) is 14.4 Å². The number of hydrogen-bond acceptors (Lipinski definition) is 4. The maximum atomic E-state index is 11.5. The number of rotatable bonds is 8. The van der Waals surface area contributed by atoms with E-state index in [1.54, 1.807) is 12.1 Å². The summed E-state index contributed by atoms with van der Waals surface area (Å²) in [4.78, 5) is 33.2. The van der Waals surface area contributed by atoms with Gasteiger partial charge >= 0.3 is 11.9 Å². The van der Waals surface area contributed by atoms with Crippen molar-refractivity contribution in [2.24, 2.45) is 0 Å². The molecule has 0 heterocycles. The van der Waals surface area contributed by atoms with Gasteiger partial charge < -0.3 is 15.5 Å². The first-order valence-corrected chi connectivity index (χ1v) is 6.92. The fraction of sp³-hybridized carbons (Fsp3) is 0.308. The molecule has 0 fully saturated rings. The second kappa shape index (κ2) is 8.21. The van der Waals surface area contributed by atoms with Gasteiger partial charge in [0.25, 0.3) is 0 Å². The van der Waals surface area contributed by atoms with E-state index in [4.69, 9.17) is 10.2 Å². The molecule has 1 amide bonds. The first-order valence-electron chi connectivity index (χ1n) is 5.93. The highest BCUT2D eigenvalue weighted by Gasteiger charge is 2.05. The summed E-state index contributed by atoms with van der Waals surface area (Å²) in [6.07, 6.45) is 0.434. The third kappa shape index (κ3) is 6.24. The molecule has 1 aromatic rings. The molecule has 3 N–H and O–H groups in total. The minimum absolute atomic E-state index is 0.0318. The molecule has 0 aliphatic carbocycles. The van der Waals surface area contributed by atoms with Crippen LogP contribution >= 0.6 is 11.8 Å². The van der Waals surface area contributed by atoms with Crippen LogP contribution in [0, 0.1) is 0 Å². The molecule has 0 unspecified atom stereocenters. The van der Waals surface area contributed by atoms with Crippen LogP contribution in [0.1, 0.15) is 23.2 Å². The number of carbonyl (C=O) groups is 3. The van der Waals surface area contributed by atoms with E-state index in [0.29, 0.717) is 13.0 Å². The van der Waals surface area contributed by atoms with Crippen LogP contribution in [0.25, 0.3) is 0 Å². The van der Waals surface area contributed by atoms with Gasteiger partial charge in [0, 0.05) is 17.9 Å². The molecule has 7 heteroatoms. The molecule has 0 saturated carbocycles. The highest BCUT2D eigenvalue weighted by atomic mass is 32.2. The monoisotopic (exact) mass is 297 g/mol. The van der Waals surface area contributed by atoms with Gasteiger partial charge in [0.05, 0.1) is 11.3 Å².